The number of phosphoric ester groups is 2. The van der Waals surface area contributed by atoms with Crippen LogP contribution in [0.3, 0.4) is 0 Å². The molecule has 63 heavy (non-hydrogen) atoms. The van der Waals surface area contributed by atoms with Gasteiger partial charge in [-0.2, -0.15) is 4.98 Å². The fraction of sp³-hybridized carbons (Fsp3) is 0.429. The molecule has 2 fully saturated rings. The number of nitrogens with two attached hydrogens (primary N) is 2. The molecule has 6 rings (SSSR count). The molecule has 2 unspecified atom stereocenters. The quantitative estimate of drug-likeness (QED) is 0.0303. The zero-order valence-corrected chi connectivity index (χ0v) is 34.8. The third-order valence-corrected chi connectivity index (χ3v) is 11.1. The van der Waals surface area contributed by atoms with Crippen LogP contribution in [0, 0.1) is 0 Å². The molecule has 0 spiro atoms. The van der Waals surface area contributed by atoms with E-state index in [0.29, 0.717) is 12.0 Å². The summed E-state index contributed by atoms with van der Waals surface area (Å²) in [5, 5.41) is 16.7. The fourth-order valence-electron chi connectivity index (χ4n) is 6.61. The van der Waals surface area contributed by atoms with Crippen molar-refractivity contribution in [3.8, 4) is 0 Å². The number of esters is 1. The Hall–Kier alpha value is -5.50. The summed E-state index contributed by atoms with van der Waals surface area (Å²) in [5.41, 5.74) is 11.5. The Balaban J connectivity index is 1.22. The molecule has 1 aromatic carbocycles. The predicted molar refractivity (Wildman–Crippen MR) is 214 cm³/mol. The van der Waals surface area contributed by atoms with Gasteiger partial charge in [-0.25, -0.2) is 33.7 Å². The summed E-state index contributed by atoms with van der Waals surface area (Å²) < 4.78 is 60.2. The molecular formula is C35H44N10O16P2. The van der Waals surface area contributed by atoms with Crippen LogP contribution in [0.2, 0.25) is 0 Å². The first-order chi connectivity index (χ1) is 29.9. The zero-order valence-electron chi connectivity index (χ0n) is 33.0. The average Bonchev–Trinajstić information content (AvgIpc) is 3.92. The van der Waals surface area contributed by atoms with Crippen molar-refractivity contribution in [2.24, 2.45) is 0 Å². The third-order valence-electron chi connectivity index (χ3n) is 9.57. The highest BCUT2D eigenvalue weighted by atomic mass is 31.2. The van der Waals surface area contributed by atoms with Crippen LogP contribution in [0.4, 0.5) is 11.6 Å². The van der Waals surface area contributed by atoms with E-state index in [4.69, 9.17) is 34.7 Å². The van der Waals surface area contributed by atoms with E-state index in [1.807, 2.05) is 0 Å². The van der Waals surface area contributed by atoms with E-state index in [-0.39, 0.29) is 42.1 Å². The molecule has 2 saturated heterocycles. The molecule has 2 amide bonds. The SMILES string of the molecule is C=CCCC(=O)NCC(=O)N[C@@H](Cc1ccccc1)C(=O)OC1[C@@H](COP(=O)(O)O[C@@H]2C[C@H](n3ccc(N)nc3=O)O[C@@H]2COP(=O)(O)O)O[C@@H](n2cnc3c(N)ncnc32)[C@H]1O. The molecule has 340 valence electrons. The molecule has 4 aromatic rings. The van der Waals surface area contributed by atoms with Gasteiger partial charge in [-0.05, 0) is 18.1 Å². The second-order valence-corrected chi connectivity index (χ2v) is 16.7. The summed E-state index contributed by atoms with van der Waals surface area (Å²) in [4.78, 5) is 97.1. The molecule has 2 aliphatic heterocycles. The lowest BCUT2D eigenvalue weighted by molar-refractivity contribution is -0.160. The minimum absolute atomic E-state index is 0.0102. The smallest absolute Gasteiger partial charge is 0.455 e. The lowest BCUT2D eigenvalue weighted by Gasteiger charge is -2.25. The van der Waals surface area contributed by atoms with Gasteiger partial charge >= 0.3 is 27.3 Å². The number of aliphatic hydroxyl groups is 1. The van der Waals surface area contributed by atoms with Gasteiger partial charge in [0.25, 0.3) is 0 Å². The average molecular weight is 923 g/mol. The number of nitrogens with one attached hydrogen (secondary N) is 2. The number of phosphoric acid groups is 2. The number of aliphatic hydroxyl groups excluding tert-OH is 1. The van der Waals surface area contributed by atoms with Gasteiger partial charge in [-0.15, -0.1) is 6.58 Å². The summed E-state index contributed by atoms with van der Waals surface area (Å²) in [6, 6.07) is 8.38. The summed E-state index contributed by atoms with van der Waals surface area (Å²) in [6.07, 6.45) is -5.59. The highest BCUT2D eigenvalue weighted by molar-refractivity contribution is 7.47. The number of hydrogen-bond acceptors (Lipinski definition) is 19. The van der Waals surface area contributed by atoms with Crippen LogP contribution < -0.4 is 27.8 Å². The maximum atomic E-state index is 14.0. The van der Waals surface area contributed by atoms with Crippen LogP contribution in [-0.4, -0.2) is 123 Å². The van der Waals surface area contributed by atoms with E-state index in [2.05, 4.69) is 41.7 Å². The first kappa shape index (κ1) is 47.0. The topological polar surface area (TPSA) is 376 Å². The number of ether oxygens (including phenoxy) is 3. The van der Waals surface area contributed by atoms with Crippen LogP contribution in [0.1, 0.15) is 37.3 Å². The molecule has 0 radical (unpaired) electrons. The highest BCUT2D eigenvalue weighted by Crippen LogP contribution is 2.50. The number of nitrogens with zero attached hydrogens (tertiary/aromatic N) is 6. The third kappa shape index (κ3) is 12.4. The summed E-state index contributed by atoms with van der Waals surface area (Å²) in [5.74, 6) is -2.39. The van der Waals surface area contributed by atoms with Crippen LogP contribution in [-0.2, 0) is 57.7 Å². The van der Waals surface area contributed by atoms with Crippen LogP contribution in [0.15, 0.2) is 72.7 Å². The summed E-state index contributed by atoms with van der Waals surface area (Å²) >= 11 is 0. The Bertz CT molecular complexity index is 2440. The van der Waals surface area contributed by atoms with Crippen LogP contribution in [0.25, 0.3) is 11.2 Å². The van der Waals surface area contributed by atoms with Crippen molar-refractivity contribution in [3.63, 3.8) is 0 Å². The minimum Gasteiger partial charge on any atom is -0.455 e. The van der Waals surface area contributed by atoms with Crippen molar-refractivity contribution in [1.29, 1.82) is 0 Å². The number of carbonyl (C=O) groups is 3. The minimum atomic E-state index is -5.25. The van der Waals surface area contributed by atoms with Crippen molar-refractivity contribution < 1.29 is 71.1 Å². The number of hydrogen-bond donors (Lipinski definition) is 8. The van der Waals surface area contributed by atoms with Crippen molar-refractivity contribution in [2.75, 3.05) is 31.2 Å². The molecule has 0 saturated carbocycles. The number of amides is 2. The number of benzene rings is 1. The van der Waals surface area contributed by atoms with Crippen molar-refractivity contribution in [1.82, 2.24) is 39.7 Å². The zero-order chi connectivity index (χ0) is 45.5. The fourth-order valence-corrected chi connectivity index (χ4v) is 7.91. The molecule has 28 heteroatoms. The number of nitrogen functional groups attached to an aromatic ring is 2. The van der Waals surface area contributed by atoms with Crippen molar-refractivity contribution in [2.45, 2.75) is 74.7 Å². The lowest BCUT2D eigenvalue weighted by atomic mass is 10.1. The molecule has 5 heterocycles. The van der Waals surface area contributed by atoms with E-state index in [1.54, 1.807) is 30.3 Å². The molecule has 0 aliphatic carbocycles. The first-order valence-electron chi connectivity index (χ1n) is 18.9. The van der Waals surface area contributed by atoms with Gasteiger partial charge in [0, 0.05) is 25.5 Å². The molecule has 26 nitrogen and oxygen atoms in total. The van der Waals surface area contributed by atoms with E-state index in [9.17, 15) is 48.1 Å². The Morgan fingerprint density at radius 2 is 1.75 bits per heavy atom. The molecule has 9 atom stereocenters. The van der Waals surface area contributed by atoms with Gasteiger partial charge < -0.3 is 56.1 Å². The Labute approximate surface area is 356 Å². The summed E-state index contributed by atoms with van der Waals surface area (Å²) in [7, 11) is -10.3. The van der Waals surface area contributed by atoms with E-state index in [1.165, 1.54) is 29.2 Å². The summed E-state index contributed by atoms with van der Waals surface area (Å²) in [6.45, 7) is 1.28. The van der Waals surface area contributed by atoms with Gasteiger partial charge in [0.1, 0.15) is 54.3 Å². The second-order valence-electron chi connectivity index (χ2n) is 14.1. The first-order valence-corrected chi connectivity index (χ1v) is 22.0. The van der Waals surface area contributed by atoms with Gasteiger partial charge in [0.05, 0.1) is 26.1 Å². The Morgan fingerprint density at radius 1 is 1.00 bits per heavy atom. The molecular weight excluding hydrogens is 878 g/mol. The predicted octanol–water partition coefficient (Wildman–Crippen LogP) is -0.873. The van der Waals surface area contributed by atoms with E-state index in [0.717, 1.165) is 10.9 Å². The maximum Gasteiger partial charge on any atom is 0.472 e. The van der Waals surface area contributed by atoms with Gasteiger partial charge in [-0.3, -0.25) is 32.3 Å². The van der Waals surface area contributed by atoms with Crippen LogP contribution >= 0.6 is 15.6 Å². The lowest BCUT2D eigenvalue weighted by Crippen LogP contribution is -2.49. The number of aromatic nitrogens is 6. The van der Waals surface area contributed by atoms with Crippen LogP contribution in [0.5, 0.6) is 0 Å². The van der Waals surface area contributed by atoms with Gasteiger partial charge in [0.15, 0.2) is 23.8 Å². The largest absolute Gasteiger partial charge is 0.472 e. The molecule has 10 N–H and O–H groups in total. The number of allylic oxidation sites excluding steroid dienone is 1. The van der Waals surface area contributed by atoms with Gasteiger partial charge in [-0.1, -0.05) is 36.4 Å². The molecule has 3 aromatic heterocycles. The maximum absolute atomic E-state index is 14.0. The van der Waals surface area contributed by atoms with Crippen molar-refractivity contribution >= 4 is 56.2 Å². The monoisotopic (exact) mass is 922 g/mol. The molecule has 0 bridgehead atoms. The van der Waals surface area contributed by atoms with E-state index >= 15 is 0 Å². The van der Waals surface area contributed by atoms with Gasteiger partial charge in [0.2, 0.25) is 11.8 Å². The highest BCUT2D eigenvalue weighted by Gasteiger charge is 2.50. The number of anilines is 2. The van der Waals surface area contributed by atoms with Crippen molar-refractivity contribution in [3.05, 3.63) is 84.0 Å². The Morgan fingerprint density at radius 3 is 2.46 bits per heavy atom. The second kappa shape index (κ2) is 20.3. The number of imidazole rings is 1. The number of fused-ring (bicyclic) bond motifs is 1. The number of rotatable bonds is 20. The molecule has 2 aliphatic rings. The Kier molecular flexibility index (Phi) is 15.2. The normalized spacial score (nSPS) is 23.8. The number of carbonyl (C=O) groups excluding carboxylic acids is 3. The standard InChI is InChI=1S/C35H44N10O16P2/c1-2-3-9-25(46)38-14-26(47)42-20(12-19-7-5-4-6-8-19)34(49)60-30-23(59-33(29(30)48)45-18-41-28-31(37)39-17-40-32(28)45)16-57-63(54,55)61-21-13-27(44-11-10-24(36)43-35(44)50)58-22(21)15-56-62(51,52)53/h2,4-8,10-11,17-18,20-23,27,29-30,33,48H,1,3,9,12-16H2,(H,38,46)(H,42,47)(H,54,55)(H2,36,43,50)(H2,37,39,40)(H2,51,52,53)/t20-,21+,22+,23+,27+,29-,30?,33+/m0/s1. The van der Waals surface area contributed by atoms with E-state index < -0.39 is 108 Å².